The Bertz CT molecular complexity index is 707. The van der Waals surface area contributed by atoms with Gasteiger partial charge in [0.25, 0.3) is 0 Å². The van der Waals surface area contributed by atoms with Crippen LogP contribution >= 0.6 is 0 Å². The van der Waals surface area contributed by atoms with Crippen LogP contribution in [0.25, 0.3) is 6.08 Å². The summed E-state index contributed by atoms with van der Waals surface area (Å²) in [7, 11) is 1.65. The molecule has 1 saturated heterocycles. The normalized spacial score (nSPS) is 17.4. The van der Waals surface area contributed by atoms with Crippen molar-refractivity contribution < 1.29 is 9.53 Å². The fraction of sp³-hybridized carbons (Fsp3) is 0.250. The minimum Gasteiger partial charge on any atom is -0.497 e. The largest absolute Gasteiger partial charge is 0.497 e. The third kappa shape index (κ3) is 4.08. The number of likely N-dealkylation sites (tertiary alicyclic amines) is 1. The summed E-state index contributed by atoms with van der Waals surface area (Å²) >= 11 is 0. The molecule has 3 heteroatoms. The van der Waals surface area contributed by atoms with E-state index in [1.165, 1.54) is 5.56 Å². The maximum absolute atomic E-state index is 12.2. The van der Waals surface area contributed by atoms with E-state index in [0.717, 1.165) is 30.0 Å². The average Bonchev–Trinajstić information content (AvgIpc) is 2.59. The lowest BCUT2D eigenvalue weighted by molar-refractivity contribution is -0.117. The Morgan fingerprint density at radius 2 is 1.96 bits per heavy atom. The number of carbonyl (C=O) groups excluding carboxylic acids is 1. The Morgan fingerprint density at radius 1 is 1.13 bits per heavy atom. The summed E-state index contributed by atoms with van der Waals surface area (Å²) in [6.45, 7) is 2.40. The lowest BCUT2D eigenvalue weighted by Gasteiger charge is -2.27. The number of methoxy groups -OCH3 is 1. The van der Waals surface area contributed by atoms with Crippen molar-refractivity contribution >= 4 is 11.9 Å². The van der Waals surface area contributed by atoms with Crippen molar-refractivity contribution in [2.24, 2.45) is 0 Å². The average molecular weight is 307 g/mol. The molecule has 0 unspecified atom stereocenters. The van der Waals surface area contributed by atoms with Gasteiger partial charge in [0.05, 0.1) is 7.11 Å². The highest BCUT2D eigenvalue weighted by atomic mass is 16.5. The molecule has 0 radical (unpaired) electrons. The molecule has 0 bridgehead atoms. The van der Waals surface area contributed by atoms with E-state index in [1.807, 2.05) is 36.4 Å². The number of ketones is 1. The van der Waals surface area contributed by atoms with Crippen LogP contribution in [0.3, 0.4) is 0 Å². The summed E-state index contributed by atoms with van der Waals surface area (Å²) < 4.78 is 5.25. The van der Waals surface area contributed by atoms with Gasteiger partial charge in [-0.1, -0.05) is 42.5 Å². The summed E-state index contributed by atoms with van der Waals surface area (Å²) in [5.41, 5.74) is 3.16. The monoisotopic (exact) mass is 307 g/mol. The first-order valence-corrected chi connectivity index (χ1v) is 7.89. The Balaban J connectivity index is 1.75. The quantitative estimate of drug-likeness (QED) is 0.809. The molecule has 3 nitrogen and oxygen atoms in total. The van der Waals surface area contributed by atoms with Crippen molar-refractivity contribution in [2.45, 2.75) is 13.0 Å². The van der Waals surface area contributed by atoms with Crippen LogP contribution in [0.4, 0.5) is 0 Å². The maximum atomic E-state index is 12.2. The van der Waals surface area contributed by atoms with Crippen LogP contribution in [0.15, 0.2) is 60.2 Å². The lowest BCUT2D eigenvalue weighted by atomic mass is 9.99. The highest BCUT2D eigenvalue weighted by Crippen LogP contribution is 2.20. The van der Waals surface area contributed by atoms with E-state index < -0.39 is 0 Å². The zero-order valence-electron chi connectivity index (χ0n) is 13.4. The molecule has 0 aliphatic carbocycles. The number of Topliss-reactive ketones (excluding diaryl/α,β-unsaturated/α-hetero) is 1. The molecule has 2 aromatic rings. The smallest absolute Gasteiger partial charge is 0.161 e. The second-order valence-corrected chi connectivity index (χ2v) is 5.82. The zero-order valence-corrected chi connectivity index (χ0v) is 13.4. The molecular formula is C20H21NO2. The van der Waals surface area contributed by atoms with Crippen molar-refractivity contribution in [2.75, 3.05) is 20.2 Å². The van der Waals surface area contributed by atoms with Gasteiger partial charge in [-0.15, -0.1) is 0 Å². The summed E-state index contributed by atoms with van der Waals surface area (Å²) in [5.74, 6) is 1.06. The number of nitrogens with zero attached hydrogens (tertiary/aromatic N) is 1. The molecule has 0 aromatic heterocycles. The predicted octanol–water partition coefficient (Wildman–Crippen LogP) is 3.55. The van der Waals surface area contributed by atoms with E-state index in [2.05, 4.69) is 29.2 Å². The number of hydrogen-bond donors (Lipinski definition) is 0. The first kappa shape index (κ1) is 15.5. The van der Waals surface area contributed by atoms with Crippen molar-refractivity contribution in [3.05, 3.63) is 71.3 Å². The second kappa shape index (κ2) is 7.25. The van der Waals surface area contributed by atoms with E-state index in [-0.39, 0.29) is 5.78 Å². The Labute approximate surface area is 137 Å². The predicted molar refractivity (Wildman–Crippen MR) is 92.3 cm³/mol. The van der Waals surface area contributed by atoms with Crippen LogP contribution < -0.4 is 4.74 Å². The van der Waals surface area contributed by atoms with E-state index in [0.29, 0.717) is 13.0 Å². The summed E-state index contributed by atoms with van der Waals surface area (Å²) in [6.07, 6.45) is 2.57. The fourth-order valence-electron chi connectivity index (χ4n) is 2.86. The van der Waals surface area contributed by atoms with Crippen LogP contribution in [-0.4, -0.2) is 30.9 Å². The first-order chi connectivity index (χ1) is 11.2. The molecule has 2 aromatic carbocycles. The van der Waals surface area contributed by atoms with Gasteiger partial charge < -0.3 is 4.74 Å². The van der Waals surface area contributed by atoms with Crippen molar-refractivity contribution in [1.82, 2.24) is 4.90 Å². The van der Waals surface area contributed by atoms with Crippen LogP contribution in [0.1, 0.15) is 17.5 Å². The van der Waals surface area contributed by atoms with Crippen molar-refractivity contribution in [1.29, 1.82) is 0 Å². The van der Waals surface area contributed by atoms with Crippen LogP contribution in [0, 0.1) is 0 Å². The zero-order chi connectivity index (χ0) is 16.1. The van der Waals surface area contributed by atoms with Gasteiger partial charge in [0.1, 0.15) is 5.75 Å². The fourth-order valence-corrected chi connectivity index (χ4v) is 2.86. The van der Waals surface area contributed by atoms with Crippen molar-refractivity contribution in [3.63, 3.8) is 0 Å². The SMILES string of the molecule is COc1cccc(/C=C2\CN(Cc3ccccc3)CCC2=O)c1. The third-order valence-electron chi connectivity index (χ3n) is 4.09. The number of rotatable bonds is 4. The number of carbonyl (C=O) groups is 1. The molecule has 1 aliphatic heterocycles. The maximum Gasteiger partial charge on any atom is 0.161 e. The summed E-state index contributed by atoms with van der Waals surface area (Å²) in [4.78, 5) is 14.5. The highest BCUT2D eigenvalue weighted by Gasteiger charge is 2.21. The summed E-state index contributed by atoms with van der Waals surface area (Å²) in [5, 5.41) is 0. The van der Waals surface area contributed by atoms with Gasteiger partial charge in [-0.25, -0.2) is 0 Å². The topological polar surface area (TPSA) is 29.5 Å². The van der Waals surface area contributed by atoms with E-state index >= 15 is 0 Å². The van der Waals surface area contributed by atoms with Gasteiger partial charge in [-0.3, -0.25) is 9.69 Å². The van der Waals surface area contributed by atoms with E-state index in [4.69, 9.17) is 4.74 Å². The lowest BCUT2D eigenvalue weighted by Crippen LogP contribution is -2.35. The molecule has 23 heavy (non-hydrogen) atoms. The molecule has 0 N–H and O–H groups in total. The van der Waals surface area contributed by atoms with Gasteiger partial charge in [-0.2, -0.15) is 0 Å². The minimum atomic E-state index is 0.247. The number of piperidine rings is 1. The molecule has 0 amide bonds. The Morgan fingerprint density at radius 3 is 2.74 bits per heavy atom. The molecule has 0 spiro atoms. The van der Waals surface area contributed by atoms with Gasteiger partial charge in [-0.05, 0) is 29.3 Å². The van der Waals surface area contributed by atoms with Gasteiger partial charge in [0.2, 0.25) is 0 Å². The molecule has 1 aliphatic rings. The number of hydrogen-bond acceptors (Lipinski definition) is 3. The van der Waals surface area contributed by atoms with Crippen LogP contribution in [0.5, 0.6) is 5.75 Å². The molecule has 0 atom stereocenters. The van der Waals surface area contributed by atoms with Crippen molar-refractivity contribution in [3.8, 4) is 5.75 Å². The Kier molecular flexibility index (Phi) is 4.89. The van der Waals surface area contributed by atoms with E-state index in [1.54, 1.807) is 7.11 Å². The highest BCUT2D eigenvalue weighted by molar-refractivity contribution is 6.00. The minimum absolute atomic E-state index is 0.247. The molecule has 1 heterocycles. The van der Waals surface area contributed by atoms with Crippen LogP contribution in [-0.2, 0) is 11.3 Å². The van der Waals surface area contributed by atoms with Gasteiger partial charge >= 0.3 is 0 Å². The second-order valence-electron chi connectivity index (χ2n) is 5.82. The Hall–Kier alpha value is -2.39. The number of ether oxygens (including phenoxy) is 1. The number of benzene rings is 2. The molecule has 118 valence electrons. The van der Waals surface area contributed by atoms with Crippen LogP contribution in [0.2, 0.25) is 0 Å². The van der Waals surface area contributed by atoms with Gasteiger partial charge in [0.15, 0.2) is 5.78 Å². The third-order valence-corrected chi connectivity index (χ3v) is 4.09. The molecule has 0 saturated carbocycles. The summed E-state index contributed by atoms with van der Waals surface area (Å²) in [6, 6.07) is 18.2. The molecular weight excluding hydrogens is 286 g/mol. The first-order valence-electron chi connectivity index (χ1n) is 7.89. The van der Waals surface area contributed by atoms with E-state index in [9.17, 15) is 4.79 Å². The standard InChI is InChI=1S/C20H21NO2/c1-23-19-9-5-8-17(13-19)12-18-15-21(11-10-20(18)22)14-16-6-3-2-4-7-16/h2-9,12-13H,10-11,14-15H2,1H3/b18-12+. The van der Waals surface area contributed by atoms with Gasteiger partial charge in [0, 0.05) is 31.6 Å². The molecule has 3 rings (SSSR count). The molecule has 1 fully saturated rings.